The molecule has 2 aromatic rings. The summed E-state index contributed by atoms with van der Waals surface area (Å²) in [6.07, 6.45) is -0.586. The second-order valence-corrected chi connectivity index (χ2v) is 10.0. The molecule has 1 N–H and O–H groups in total. The number of pyridine rings is 1. The molecule has 0 radical (unpaired) electrons. The van der Waals surface area contributed by atoms with Gasteiger partial charge in [-0.25, -0.2) is 14.2 Å². The molecule has 1 aromatic heterocycles. The van der Waals surface area contributed by atoms with Crippen LogP contribution in [0, 0.1) is 11.8 Å². The second kappa shape index (κ2) is 10.4. The number of hydrogen-bond acceptors (Lipinski definition) is 5. The van der Waals surface area contributed by atoms with Crippen LogP contribution in [-0.4, -0.2) is 64.5 Å². The zero-order chi connectivity index (χ0) is 26.9. The maximum atomic E-state index is 16.1. The minimum atomic E-state index is -0.973. The van der Waals surface area contributed by atoms with Crippen LogP contribution < -0.4 is 5.32 Å². The van der Waals surface area contributed by atoms with Gasteiger partial charge in [-0.2, -0.15) is 4.39 Å². The lowest BCUT2D eigenvalue weighted by Gasteiger charge is -2.46. The van der Waals surface area contributed by atoms with Crippen LogP contribution in [0.1, 0.15) is 56.7 Å². The molecule has 0 unspecified atom stereocenters. The Balaban J connectivity index is 2.14. The Morgan fingerprint density at radius 2 is 1.75 bits per heavy atom. The summed E-state index contributed by atoms with van der Waals surface area (Å²) >= 11 is 6.36. The molecule has 11 heteroatoms. The molecule has 0 spiro atoms. The number of carbonyl (C=O) groups excluding carboxylic acids is 3. The van der Waals surface area contributed by atoms with Gasteiger partial charge in [0.2, 0.25) is 11.9 Å². The summed E-state index contributed by atoms with van der Waals surface area (Å²) in [4.78, 5) is 43.9. The number of halogens is 3. The van der Waals surface area contributed by atoms with E-state index in [4.69, 9.17) is 16.3 Å². The van der Waals surface area contributed by atoms with Gasteiger partial charge < -0.3 is 19.9 Å². The third-order valence-electron chi connectivity index (χ3n) is 5.85. The van der Waals surface area contributed by atoms with E-state index in [1.807, 2.05) is 0 Å². The van der Waals surface area contributed by atoms with Gasteiger partial charge >= 0.3 is 6.09 Å². The Bertz CT molecular complexity index is 1200. The quantitative estimate of drug-likeness (QED) is 0.596. The van der Waals surface area contributed by atoms with E-state index in [0.717, 1.165) is 6.07 Å². The highest BCUT2D eigenvalue weighted by Gasteiger charge is 2.41. The molecular formula is C25H29ClF2N4O4. The SMILES string of the molecule is CNC(=O)c1cc(-c2cc(Cl)cc([C@H]3[C@H](C)N(C(=O)OC(C)(C)C)CCN3C(C)=O)c2F)cc(F)n1. The average molecular weight is 523 g/mol. The van der Waals surface area contributed by atoms with Crippen molar-refractivity contribution in [1.82, 2.24) is 20.1 Å². The summed E-state index contributed by atoms with van der Waals surface area (Å²) in [6, 6.07) is 3.36. The highest BCUT2D eigenvalue weighted by atomic mass is 35.5. The lowest BCUT2D eigenvalue weighted by atomic mass is 9.91. The van der Waals surface area contributed by atoms with E-state index in [1.54, 1.807) is 27.7 Å². The third kappa shape index (κ3) is 5.75. The molecule has 2 atom stereocenters. The van der Waals surface area contributed by atoms with E-state index in [0.29, 0.717) is 0 Å². The molecule has 3 amide bonds. The summed E-state index contributed by atoms with van der Waals surface area (Å²) in [6.45, 7) is 8.62. The van der Waals surface area contributed by atoms with Crippen molar-refractivity contribution in [3.8, 4) is 11.1 Å². The van der Waals surface area contributed by atoms with Crippen molar-refractivity contribution in [3.05, 3.63) is 52.3 Å². The van der Waals surface area contributed by atoms with E-state index in [-0.39, 0.29) is 46.4 Å². The maximum absolute atomic E-state index is 16.1. The standard InChI is InChI=1S/C25H29ClF2N4O4/c1-13-22(32(14(2)33)8-7-31(13)24(35)36-25(3,4)5)18-12-16(26)11-17(21(18)28)15-9-19(23(34)29-6)30-20(27)10-15/h9-13,22H,7-8H2,1-6H3,(H,29,34)/t13-,22+/m0/s1. The van der Waals surface area contributed by atoms with Crippen molar-refractivity contribution in [2.75, 3.05) is 20.1 Å². The lowest BCUT2D eigenvalue weighted by Crippen LogP contribution is -2.57. The fourth-order valence-corrected chi connectivity index (χ4v) is 4.51. The topological polar surface area (TPSA) is 91.8 Å². The lowest BCUT2D eigenvalue weighted by molar-refractivity contribution is -0.136. The van der Waals surface area contributed by atoms with Crippen LogP contribution >= 0.6 is 11.6 Å². The number of aromatic nitrogens is 1. The zero-order valence-corrected chi connectivity index (χ0v) is 21.7. The van der Waals surface area contributed by atoms with Crippen molar-refractivity contribution < 1.29 is 27.9 Å². The molecule has 1 aliphatic heterocycles. The third-order valence-corrected chi connectivity index (χ3v) is 6.07. The first kappa shape index (κ1) is 27.3. The summed E-state index contributed by atoms with van der Waals surface area (Å²) in [5.74, 6) is -2.69. The summed E-state index contributed by atoms with van der Waals surface area (Å²) < 4.78 is 35.9. The van der Waals surface area contributed by atoms with Crippen molar-refractivity contribution >= 4 is 29.5 Å². The predicted molar refractivity (Wildman–Crippen MR) is 131 cm³/mol. The van der Waals surface area contributed by atoms with Crippen LogP contribution in [0.4, 0.5) is 13.6 Å². The smallest absolute Gasteiger partial charge is 0.410 e. The number of ether oxygens (including phenoxy) is 1. The van der Waals surface area contributed by atoms with Crippen LogP contribution in [0.3, 0.4) is 0 Å². The number of nitrogens with zero attached hydrogens (tertiary/aromatic N) is 3. The zero-order valence-electron chi connectivity index (χ0n) is 21.0. The summed E-state index contributed by atoms with van der Waals surface area (Å²) in [7, 11) is 1.36. The molecule has 0 bridgehead atoms. The first-order valence-corrected chi connectivity index (χ1v) is 11.8. The van der Waals surface area contributed by atoms with Gasteiger partial charge in [0.25, 0.3) is 5.91 Å². The van der Waals surface area contributed by atoms with Crippen molar-refractivity contribution in [2.45, 2.75) is 52.3 Å². The van der Waals surface area contributed by atoms with Gasteiger partial charge in [-0.15, -0.1) is 0 Å². The highest BCUT2D eigenvalue weighted by molar-refractivity contribution is 6.31. The first-order chi connectivity index (χ1) is 16.7. The molecule has 2 heterocycles. The Hall–Kier alpha value is -3.27. The van der Waals surface area contributed by atoms with Crippen LogP contribution in [0.25, 0.3) is 11.1 Å². The minimum absolute atomic E-state index is 0.0455. The molecule has 1 aliphatic rings. The molecule has 8 nitrogen and oxygen atoms in total. The van der Waals surface area contributed by atoms with E-state index in [9.17, 15) is 18.8 Å². The number of hydrogen-bond donors (Lipinski definition) is 1. The van der Waals surface area contributed by atoms with Gasteiger partial charge in [-0.1, -0.05) is 11.6 Å². The van der Waals surface area contributed by atoms with Gasteiger partial charge in [0.15, 0.2) is 0 Å². The fraction of sp³-hybridized carbons (Fsp3) is 0.440. The van der Waals surface area contributed by atoms with E-state index >= 15 is 4.39 Å². The largest absolute Gasteiger partial charge is 0.444 e. The summed E-state index contributed by atoms with van der Waals surface area (Å²) in [5.41, 5.74) is -0.960. The molecule has 3 rings (SSSR count). The van der Waals surface area contributed by atoms with Gasteiger partial charge in [-0.3, -0.25) is 9.59 Å². The number of rotatable bonds is 3. The Morgan fingerprint density at radius 1 is 1.11 bits per heavy atom. The van der Waals surface area contributed by atoms with E-state index < -0.39 is 41.5 Å². The number of nitrogens with one attached hydrogen (secondary N) is 1. The number of carbonyl (C=O) groups is 3. The van der Waals surface area contributed by atoms with Crippen LogP contribution in [0.15, 0.2) is 24.3 Å². The van der Waals surface area contributed by atoms with E-state index in [2.05, 4.69) is 10.3 Å². The molecule has 0 saturated carbocycles. The average Bonchev–Trinajstić information content (AvgIpc) is 2.77. The Labute approximate surface area is 213 Å². The number of piperazine rings is 1. The van der Waals surface area contributed by atoms with Gasteiger partial charge in [-0.05, 0) is 51.5 Å². The van der Waals surface area contributed by atoms with Gasteiger partial charge in [0, 0.05) is 49.3 Å². The minimum Gasteiger partial charge on any atom is -0.444 e. The van der Waals surface area contributed by atoms with Gasteiger partial charge in [0.05, 0.1) is 12.1 Å². The monoisotopic (exact) mass is 522 g/mol. The van der Waals surface area contributed by atoms with Gasteiger partial charge in [0.1, 0.15) is 17.1 Å². The number of benzene rings is 1. The first-order valence-electron chi connectivity index (χ1n) is 11.4. The molecule has 1 aromatic carbocycles. The molecule has 36 heavy (non-hydrogen) atoms. The molecule has 1 saturated heterocycles. The number of amides is 3. The van der Waals surface area contributed by atoms with Crippen LogP contribution in [-0.2, 0) is 9.53 Å². The fourth-order valence-electron chi connectivity index (χ4n) is 4.28. The highest BCUT2D eigenvalue weighted by Crippen LogP contribution is 2.38. The van der Waals surface area contributed by atoms with Crippen LogP contribution in [0.2, 0.25) is 5.02 Å². The second-order valence-electron chi connectivity index (χ2n) is 9.57. The van der Waals surface area contributed by atoms with Crippen molar-refractivity contribution in [2.24, 2.45) is 0 Å². The maximum Gasteiger partial charge on any atom is 0.410 e. The normalized spacial score (nSPS) is 18.1. The predicted octanol–water partition coefficient (Wildman–Crippen LogP) is 4.57. The van der Waals surface area contributed by atoms with Crippen molar-refractivity contribution in [3.63, 3.8) is 0 Å². The molecule has 194 valence electrons. The van der Waals surface area contributed by atoms with Crippen LogP contribution in [0.5, 0.6) is 0 Å². The summed E-state index contributed by atoms with van der Waals surface area (Å²) in [5, 5.41) is 2.48. The Kier molecular flexibility index (Phi) is 7.88. The Morgan fingerprint density at radius 3 is 2.33 bits per heavy atom. The molecular weight excluding hydrogens is 494 g/mol. The molecule has 1 fully saturated rings. The molecule has 0 aliphatic carbocycles. The van der Waals surface area contributed by atoms with E-state index in [1.165, 1.54) is 42.0 Å². The van der Waals surface area contributed by atoms with Crippen molar-refractivity contribution in [1.29, 1.82) is 0 Å².